The number of carbonyl (C=O) groups excluding carboxylic acids is 2. The summed E-state index contributed by atoms with van der Waals surface area (Å²) in [5, 5.41) is 14.8. The van der Waals surface area contributed by atoms with Crippen molar-refractivity contribution in [3.05, 3.63) is 29.3 Å². The Kier molecular flexibility index (Phi) is 6.51. The number of anilines is 1. The Bertz CT molecular complexity index is 737. The lowest BCUT2D eigenvalue weighted by Crippen LogP contribution is -2.41. The van der Waals surface area contributed by atoms with Gasteiger partial charge in [-0.2, -0.15) is 0 Å². The topological polar surface area (TPSA) is 108 Å². The predicted molar refractivity (Wildman–Crippen MR) is 103 cm³/mol. The Morgan fingerprint density at radius 2 is 1.79 bits per heavy atom. The van der Waals surface area contributed by atoms with Crippen molar-refractivity contribution in [2.45, 2.75) is 38.6 Å². The van der Waals surface area contributed by atoms with Crippen molar-refractivity contribution in [3.63, 3.8) is 0 Å². The number of carboxylic acids is 1. The van der Waals surface area contributed by atoms with E-state index in [4.69, 9.17) is 9.84 Å². The molecule has 28 heavy (non-hydrogen) atoms. The van der Waals surface area contributed by atoms with E-state index in [-0.39, 0.29) is 23.9 Å². The van der Waals surface area contributed by atoms with Gasteiger partial charge < -0.3 is 25.4 Å². The fraction of sp³-hybridized carbons (Fsp3) is 0.550. The van der Waals surface area contributed by atoms with Gasteiger partial charge in [0.05, 0.1) is 19.1 Å². The van der Waals surface area contributed by atoms with Crippen LogP contribution in [0.25, 0.3) is 0 Å². The Hall–Kier alpha value is -2.61. The molecule has 0 bridgehead atoms. The van der Waals surface area contributed by atoms with Gasteiger partial charge in [0, 0.05) is 30.4 Å². The van der Waals surface area contributed by atoms with Crippen LogP contribution in [0.1, 0.15) is 41.6 Å². The SMILES string of the molecule is Cc1cc(C(=O)N2CCOCC2)ccc1NC(=O)NC1CCC(C(=O)O)CC1. The minimum Gasteiger partial charge on any atom is -0.481 e. The monoisotopic (exact) mass is 389 g/mol. The lowest BCUT2D eigenvalue weighted by atomic mass is 9.86. The van der Waals surface area contributed by atoms with E-state index in [1.54, 1.807) is 23.1 Å². The summed E-state index contributed by atoms with van der Waals surface area (Å²) in [5.74, 6) is -1.09. The minimum atomic E-state index is -0.759. The summed E-state index contributed by atoms with van der Waals surface area (Å²) in [4.78, 5) is 37.6. The highest BCUT2D eigenvalue weighted by molar-refractivity contribution is 5.96. The number of carbonyl (C=O) groups is 3. The number of urea groups is 1. The van der Waals surface area contributed by atoms with Gasteiger partial charge in [0.2, 0.25) is 0 Å². The van der Waals surface area contributed by atoms with Gasteiger partial charge in [0.1, 0.15) is 0 Å². The van der Waals surface area contributed by atoms with E-state index in [9.17, 15) is 14.4 Å². The molecule has 152 valence electrons. The normalized spacial score (nSPS) is 22.4. The van der Waals surface area contributed by atoms with Gasteiger partial charge in [-0.05, 0) is 56.4 Å². The molecule has 0 radical (unpaired) electrons. The summed E-state index contributed by atoms with van der Waals surface area (Å²) >= 11 is 0. The fourth-order valence-electron chi connectivity index (χ4n) is 3.71. The van der Waals surface area contributed by atoms with Gasteiger partial charge in [0.15, 0.2) is 0 Å². The highest BCUT2D eigenvalue weighted by Gasteiger charge is 2.27. The minimum absolute atomic E-state index is 0.0157. The standard InChI is InChI=1S/C20H27N3O5/c1-13-12-15(18(24)23-8-10-28-11-9-23)4-7-17(13)22-20(27)21-16-5-2-14(3-6-16)19(25)26/h4,7,12,14,16H,2-3,5-6,8-11H2,1H3,(H,25,26)(H2,21,22,27). The van der Waals surface area contributed by atoms with Crippen molar-refractivity contribution in [2.75, 3.05) is 31.6 Å². The number of aliphatic carboxylic acids is 1. The average Bonchev–Trinajstić information content (AvgIpc) is 2.70. The molecule has 3 rings (SSSR count). The van der Waals surface area contributed by atoms with E-state index >= 15 is 0 Å². The largest absolute Gasteiger partial charge is 0.481 e. The second kappa shape index (κ2) is 9.05. The van der Waals surface area contributed by atoms with Crippen molar-refractivity contribution in [1.29, 1.82) is 0 Å². The molecule has 3 amide bonds. The van der Waals surface area contributed by atoms with Crippen LogP contribution >= 0.6 is 0 Å². The molecule has 2 aliphatic rings. The lowest BCUT2D eigenvalue weighted by molar-refractivity contribution is -0.142. The summed E-state index contributed by atoms with van der Waals surface area (Å²) in [7, 11) is 0. The zero-order valence-corrected chi connectivity index (χ0v) is 16.1. The molecule has 1 aliphatic heterocycles. The number of morpholine rings is 1. The number of hydrogen-bond acceptors (Lipinski definition) is 4. The van der Waals surface area contributed by atoms with Crippen LogP contribution in [0.4, 0.5) is 10.5 Å². The van der Waals surface area contributed by atoms with Gasteiger partial charge in [0.25, 0.3) is 5.91 Å². The first-order valence-corrected chi connectivity index (χ1v) is 9.72. The van der Waals surface area contributed by atoms with Crippen molar-refractivity contribution in [2.24, 2.45) is 5.92 Å². The second-order valence-corrected chi connectivity index (χ2v) is 7.42. The predicted octanol–water partition coefficient (Wildman–Crippen LogP) is 2.23. The third kappa shape index (κ3) is 5.01. The number of benzene rings is 1. The van der Waals surface area contributed by atoms with Crippen LogP contribution in [0.15, 0.2) is 18.2 Å². The number of nitrogens with one attached hydrogen (secondary N) is 2. The maximum absolute atomic E-state index is 12.6. The lowest BCUT2D eigenvalue weighted by Gasteiger charge is -2.27. The molecular formula is C20H27N3O5. The van der Waals surface area contributed by atoms with Crippen molar-refractivity contribution in [1.82, 2.24) is 10.2 Å². The first-order valence-electron chi connectivity index (χ1n) is 9.72. The summed E-state index contributed by atoms with van der Waals surface area (Å²) in [6.45, 7) is 4.14. The smallest absolute Gasteiger partial charge is 0.319 e. The zero-order chi connectivity index (χ0) is 20.1. The first-order chi connectivity index (χ1) is 13.4. The number of aryl methyl sites for hydroxylation is 1. The molecule has 8 nitrogen and oxygen atoms in total. The number of rotatable bonds is 4. The molecule has 1 aliphatic carbocycles. The molecule has 1 aromatic carbocycles. The van der Waals surface area contributed by atoms with E-state index in [1.807, 2.05) is 6.92 Å². The zero-order valence-electron chi connectivity index (χ0n) is 16.1. The van der Waals surface area contributed by atoms with Gasteiger partial charge in [-0.15, -0.1) is 0 Å². The van der Waals surface area contributed by atoms with Gasteiger partial charge >= 0.3 is 12.0 Å². The van der Waals surface area contributed by atoms with E-state index in [0.717, 1.165) is 5.56 Å². The molecule has 0 spiro atoms. The molecule has 8 heteroatoms. The van der Waals surface area contributed by atoms with Crippen LogP contribution in [-0.4, -0.2) is 60.3 Å². The summed E-state index contributed by atoms with van der Waals surface area (Å²) < 4.78 is 5.27. The molecular weight excluding hydrogens is 362 g/mol. The molecule has 1 saturated heterocycles. The molecule has 0 aromatic heterocycles. The van der Waals surface area contributed by atoms with Crippen LogP contribution in [0.2, 0.25) is 0 Å². The van der Waals surface area contributed by atoms with E-state index in [0.29, 0.717) is 63.2 Å². The van der Waals surface area contributed by atoms with Crippen LogP contribution in [0, 0.1) is 12.8 Å². The summed E-state index contributed by atoms with van der Waals surface area (Å²) in [5.41, 5.74) is 2.05. The third-order valence-corrected chi connectivity index (χ3v) is 5.43. The van der Waals surface area contributed by atoms with Crippen LogP contribution in [0.3, 0.4) is 0 Å². The average molecular weight is 389 g/mol. The number of ether oxygens (including phenoxy) is 1. The van der Waals surface area contributed by atoms with E-state index in [2.05, 4.69) is 10.6 Å². The maximum atomic E-state index is 12.6. The summed E-state index contributed by atoms with van der Waals surface area (Å²) in [6.07, 6.45) is 2.49. The van der Waals surface area contributed by atoms with E-state index < -0.39 is 5.97 Å². The summed E-state index contributed by atoms with van der Waals surface area (Å²) in [6, 6.07) is 4.92. The maximum Gasteiger partial charge on any atom is 0.319 e. The Morgan fingerprint density at radius 3 is 2.39 bits per heavy atom. The quantitative estimate of drug-likeness (QED) is 0.732. The molecule has 1 aromatic rings. The Balaban J connectivity index is 1.53. The second-order valence-electron chi connectivity index (χ2n) is 7.42. The molecule has 3 N–H and O–H groups in total. The molecule has 0 atom stereocenters. The first kappa shape index (κ1) is 20.1. The van der Waals surface area contributed by atoms with Crippen molar-refractivity contribution >= 4 is 23.6 Å². The molecule has 1 saturated carbocycles. The molecule has 1 heterocycles. The van der Waals surface area contributed by atoms with Crippen LogP contribution in [-0.2, 0) is 9.53 Å². The number of amides is 3. The van der Waals surface area contributed by atoms with Crippen LogP contribution < -0.4 is 10.6 Å². The Labute approximate surface area is 164 Å². The van der Waals surface area contributed by atoms with E-state index in [1.165, 1.54) is 0 Å². The van der Waals surface area contributed by atoms with Crippen LogP contribution in [0.5, 0.6) is 0 Å². The number of hydrogen-bond donors (Lipinski definition) is 3. The molecule has 2 fully saturated rings. The molecule has 0 unspecified atom stereocenters. The highest BCUT2D eigenvalue weighted by atomic mass is 16.5. The van der Waals surface area contributed by atoms with Gasteiger partial charge in [-0.3, -0.25) is 9.59 Å². The van der Waals surface area contributed by atoms with Crippen molar-refractivity contribution in [3.8, 4) is 0 Å². The Morgan fingerprint density at radius 1 is 1.11 bits per heavy atom. The fourth-order valence-corrected chi connectivity index (χ4v) is 3.71. The van der Waals surface area contributed by atoms with Gasteiger partial charge in [-0.25, -0.2) is 4.79 Å². The highest BCUT2D eigenvalue weighted by Crippen LogP contribution is 2.24. The number of nitrogens with zero attached hydrogens (tertiary/aromatic N) is 1. The van der Waals surface area contributed by atoms with Crippen molar-refractivity contribution < 1.29 is 24.2 Å². The third-order valence-electron chi connectivity index (χ3n) is 5.43. The number of carboxylic acid groups (broad SMARTS) is 1. The van der Waals surface area contributed by atoms with Gasteiger partial charge in [-0.1, -0.05) is 0 Å².